The molecule has 112 valence electrons. The molecule has 0 amide bonds. The maximum atomic E-state index is 9.33. The standard InChI is InChI=1S/C16H25NO3/c1-10-7-11-8-15(19-4)12(9-14(11)20-10)13(5-6-18)16(2,3)17/h8-10,13,18H,5-7,17H2,1-4H3. The molecule has 2 rings (SSSR count). The number of methoxy groups -OCH3 is 1. The Morgan fingerprint density at radius 2 is 2.20 bits per heavy atom. The van der Waals surface area contributed by atoms with Gasteiger partial charge in [0.25, 0.3) is 0 Å². The van der Waals surface area contributed by atoms with Gasteiger partial charge in [-0.2, -0.15) is 0 Å². The van der Waals surface area contributed by atoms with Gasteiger partial charge >= 0.3 is 0 Å². The number of ether oxygens (including phenoxy) is 2. The van der Waals surface area contributed by atoms with Crippen molar-refractivity contribution in [2.45, 2.75) is 51.2 Å². The number of fused-ring (bicyclic) bond motifs is 1. The van der Waals surface area contributed by atoms with Gasteiger partial charge in [0.15, 0.2) is 0 Å². The Balaban J connectivity index is 2.46. The fraction of sp³-hybridized carbons (Fsp3) is 0.625. The quantitative estimate of drug-likeness (QED) is 0.867. The SMILES string of the molecule is COc1cc2c(cc1C(CCO)C(C)(C)N)OC(C)C2. The van der Waals surface area contributed by atoms with E-state index in [1.54, 1.807) is 7.11 Å². The Morgan fingerprint density at radius 3 is 2.75 bits per heavy atom. The van der Waals surface area contributed by atoms with Gasteiger partial charge in [0.1, 0.15) is 17.6 Å². The molecule has 0 aromatic heterocycles. The molecule has 0 saturated heterocycles. The zero-order chi connectivity index (χ0) is 14.9. The van der Waals surface area contributed by atoms with Gasteiger partial charge in [-0.25, -0.2) is 0 Å². The highest BCUT2D eigenvalue weighted by atomic mass is 16.5. The lowest BCUT2D eigenvalue weighted by Crippen LogP contribution is -2.40. The van der Waals surface area contributed by atoms with E-state index in [0.717, 1.165) is 23.5 Å². The van der Waals surface area contributed by atoms with E-state index >= 15 is 0 Å². The minimum atomic E-state index is -0.436. The van der Waals surface area contributed by atoms with E-state index in [2.05, 4.69) is 6.92 Å². The molecule has 2 atom stereocenters. The van der Waals surface area contributed by atoms with E-state index in [-0.39, 0.29) is 18.6 Å². The molecule has 2 unspecified atom stereocenters. The van der Waals surface area contributed by atoms with Gasteiger partial charge in [-0.05, 0) is 39.3 Å². The maximum Gasteiger partial charge on any atom is 0.123 e. The van der Waals surface area contributed by atoms with Crippen molar-refractivity contribution in [1.29, 1.82) is 0 Å². The van der Waals surface area contributed by atoms with Crippen LogP contribution in [0.25, 0.3) is 0 Å². The summed E-state index contributed by atoms with van der Waals surface area (Å²) in [6.45, 7) is 6.11. The van der Waals surface area contributed by atoms with Crippen molar-refractivity contribution in [1.82, 2.24) is 0 Å². The van der Waals surface area contributed by atoms with Gasteiger partial charge in [-0.3, -0.25) is 0 Å². The summed E-state index contributed by atoms with van der Waals surface area (Å²) in [4.78, 5) is 0. The number of hydrogen-bond donors (Lipinski definition) is 2. The molecule has 1 aromatic carbocycles. The maximum absolute atomic E-state index is 9.33. The minimum Gasteiger partial charge on any atom is -0.496 e. The lowest BCUT2D eigenvalue weighted by atomic mass is 9.79. The Morgan fingerprint density at radius 1 is 1.50 bits per heavy atom. The molecule has 0 saturated carbocycles. The predicted octanol–water partition coefficient (Wildman–Crippen LogP) is 2.22. The highest BCUT2D eigenvalue weighted by molar-refractivity contribution is 5.50. The second-order valence-corrected chi connectivity index (χ2v) is 6.22. The van der Waals surface area contributed by atoms with Crippen molar-refractivity contribution in [3.63, 3.8) is 0 Å². The molecular formula is C16H25NO3. The number of benzene rings is 1. The van der Waals surface area contributed by atoms with Crippen molar-refractivity contribution in [3.8, 4) is 11.5 Å². The van der Waals surface area contributed by atoms with Crippen LogP contribution in [0.5, 0.6) is 11.5 Å². The summed E-state index contributed by atoms with van der Waals surface area (Å²) in [6, 6.07) is 4.08. The van der Waals surface area contributed by atoms with Crippen LogP contribution in [-0.2, 0) is 6.42 Å². The zero-order valence-corrected chi connectivity index (χ0v) is 12.8. The number of aliphatic hydroxyl groups excluding tert-OH is 1. The van der Waals surface area contributed by atoms with E-state index in [0.29, 0.717) is 6.42 Å². The third-order valence-electron chi connectivity index (χ3n) is 3.94. The minimum absolute atomic E-state index is 0.0206. The van der Waals surface area contributed by atoms with Gasteiger partial charge < -0.3 is 20.3 Å². The van der Waals surface area contributed by atoms with Crippen LogP contribution in [0.15, 0.2) is 12.1 Å². The number of hydrogen-bond acceptors (Lipinski definition) is 4. The lowest BCUT2D eigenvalue weighted by molar-refractivity contribution is 0.244. The molecule has 20 heavy (non-hydrogen) atoms. The second kappa shape index (κ2) is 5.62. The van der Waals surface area contributed by atoms with E-state index in [1.807, 2.05) is 26.0 Å². The molecule has 4 nitrogen and oxygen atoms in total. The predicted molar refractivity (Wildman–Crippen MR) is 79.5 cm³/mol. The van der Waals surface area contributed by atoms with Crippen LogP contribution >= 0.6 is 0 Å². The molecule has 1 aliphatic heterocycles. The van der Waals surface area contributed by atoms with Gasteiger partial charge in [-0.15, -0.1) is 0 Å². The summed E-state index contributed by atoms with van der Waals surface area (Å²) in [7, 11) is 1.67. The van der Waals surface area contributed by atoms with E-state index in [4.69, 9.17) is 15.2 Å². The molecule has 0 aliphatic carbocycles. The number of nitrogens with two attached hydrogens (primary N) is 1. The number of rotatable bonds is 5. The third kappa shape index (κ3) is 2.91. The fourth-order valence-electron chi connectivity index (χ4n) is 2.96. The topological polar surface area (TPSA) is 64.7 Å². The molecule has 0 radical (unpaired) electrons. The smallest absolute Gasteiger partial charge is 0.123 e. The first-order chi connectivity index (χ1) is 9.36. The van der Waals surface area contributed by atoms with E-state index in [1.165, 1.54) is 5.56 Å². The molecule has 4 heteroatoms. The van der Waals surface area contributed by atoms with Crippen molar-refractivity contribution < 1.29 is 14.6 Å². The molecular weight excluding hydrogens is 254 g/mol. The molecule has 1 aromatic rings. The highest BCUT2D eigenvalue weighted by Crippen LogP contribution is 2.41. The first kappa shape index (κ1) is 15.1. The average molecular weight is 279 g/mol. The van der Waals surface area contributed by atoms with Gasteiger partial charge in [0, 0.05) is 35.6 Å². The highest BCUT2D eigenvalue weighted by Gasteiger charge is 2.31. The van der Waals surface area contributed by atoms with Gasteiger partial charge in [0.2, 0.25) is 0 Å². The summed E-state index contributed by atoms with van der Waals surface area (Å²) in [5, 5.41) is 9.33. The fourth-order valence-corrected chi connectivity index (χ4v) is 2.96. The van der Waals surface area contributed by atoms with E-state index in [9.17, 15) is 5.11 Å². The molecule has 3 N–H and O–H groups in total. The second-order valence-electron chi connectivity index (χ2n) is 6.22. The van der Waals surface area contributed by atoms with E-state index < -0.39 is 5.54 Å². The summed E-state index contributed by atoms with van der Waals surface area (Å²) < 4.78 is 11.4. The van der Waals surface area contributed by atoms with Crippen LogP contribution < -0.4 is 15.2 Å². The van der Waals surface area contributed by atoms with Crippen LogP contribution in [0, 0.1) is 0 Å². The van der Waals surface area contributed by atoms with Crippen LogP contribution in [0.4, 0.5) is 0 Å². The van der Waals surface area contributed by atoms with Gasteiger partial charge in [0.05, 0.1) is 7.11 Å². The van der Waals surface area contributed by atoms with Crippen LogP contribution in [-0.4, -0.2) is 30.5 Å². The Hall–Kier alpha value is -1.26. The van der Waals surface area contributed by atoms with Crippen LogP contribution in [0.3, 0.4) is 0 Å². The largest absolute Gasteiger partial charge is 0.496 e. The molecule has 0 spiro atoms. The summed E-state index contributed by atoms with van der Waals surface area (Å²) in [6.07, 6.45) is 1.71. The Bertz CT molecular complexity index is 479. The number of aliphatic hydroxyl groups is 1. The summed E-state index contributed by atoms with van der Waals surface area (Å²) >= 11 is 0. The van der Waals surface area contributed by atoms with Gasteiger partial charge in [-0.1, -0.05) is 0 Å². The molecule has 1 heterocycles. The zero-order valence-electron chi connectivity index (χ0n) is 12.8. The lowest BCUT2D eigenvalue weighted by Gasteiger charge is -2.32. The molecule has 1 aliphatic rings. The Kier molecular flexibility index (Phi) is 4.25. The molecule has 0 bridgehead atoms. The third-order valence-corrected chi connectivity index (χ3v) is 3.94. The Labute approximate surface area is 120 Å². The monoisotopic (exact) mass is 279 g/mol. The first-order valence-electron chi connectivity index (χ1n) is 7.14. The average Bonchev–Trinajstić information content (AvgIpc) is 2.72. The van der Waals surface area contributed by atoms with Crippen molar-refractivity contribution in [2.75, 3.05) is 13.7 Å². The van der Waals surface area contributed by atoms with Crippen molar-refractivity contribution >= 4 is 0 Å². The van der Waals surface area contributed by atoms with Crippen molar-refractivity contribution in [3.05, 3.63) is 23.3 Å². The van der Waals surface area contributed by atoms with Crippen LogP contribution in [0.1, 0.15) is 44.2 Å². The summed E-state index contributed by atoms with van der Waals surface area (Å²) in [5.74, 6) is 1.77. The molecule has 0 fully saturated rings. The van der Waals surface area contributed by atoms with Crippen molar-refractivity contribution in [2.24, 2.45) is 5.73 Å². The first-order valence-corrected chi connectivity index (χ1v) is 7.14. The van der Waals surface area contributed by atoms with Crippen LogP contribution in [0.2, 0.25) is 0 Å². The summed E-state index contributed by atoms with van der Waals surface area (Å²) in [5.41, 5.74) is 8.04. The normalized spacial score (nSPS) is 19.4.